The fourth-order valence-corrected chi connectivity index (χ4v) is 3.43. The van der Waals surface area contributed by atoms with Gasteiger partial charge in [-0.2, -0.15) is 0 Å². The highest BCUT2D eigenvalue weighted by Gasteiger charge is 2.34. The number of nitrogens with one attached hydrogen (secondary N) is 1. The van der Waals surface area contributed by atoms with Crippen LogP contribution in [0.15, 0.2) is 0 Å². The minimum Gasteiger partial charge on any atom is -0.469 e. The highest BCUT2D eigenvalue weighted by atomic mass is 16.5. The Hall–Kier alpha value is -1.10. The first-order valence-corrected chi connectivity index (χ1v) is 7.65. The molecule has 0 aromatic rings. The maximum absolute atomic E-state index is 12.2. The number of fused-ring (bicyclic) bond motifs is 2. The zero-order chi connectivity index (χ0) is 14.5. The molecule has 2 atom stereocenters. The Balaban J connectivity index is 1.67. The summed E-state index contributed by atoms with van der Waals surface area (Å²) < 4.78 is 4.60. The van der Waals surface area contributed by atoms with Crippen LogP contribution in [0, 0.1) is 5.92 Å². The number of carbonyl (C=O) groups is 2. The molecule has 0 aromatic carbocycles. The van der Waals surface area contributed by atoms with Gasteiger partial charge in [0.2, 0.25) is 5.91 Å². The molecule has 0 aliphatic carbocycles. The van der Waals surface area contributed by atoms with Gasteiger partial charge in [-0.3, -0.25) is 9.59 Å². The number of hydrogen-bond donors (Lipinski definition) is 1. The van der Waals surface area contributed by atoms with E-state index in [1.807, 2.05) is 7.05 Å². The average molecular weight is 282 g/mol. The van der Waals surface area contributed by atoms with Crippen molar-refractivity contribution in [3.63, 3.8) is 0 Å². The smallest absolute Gasteiger partial charge is 0.305 e. The molecule has 2 rings (SSSR count). The van der Waals surface area contributed by atoms with Crippen molar-refractivity contribution < 1.29 is 14.3 Å². The monoisotopic (exact) mass is 282 g/mol. The number of esters is 1. The van der Waals surface area contributed by atoms with Gasteiger partial charge in [-0.25, -0.2) is 0 Å². The van der Waals surface area contributed by atoms with Crippen LogP contribution in [0.4, 0.5) is 0 Å². The zero-order valence-corrected chi connectivity index (χ0v) is 12.6. The normalized spacial score (nSPS) is 28.2. The van der Waals surface area contributed by atoms with Gasteiger partial charge < -0.3 is 15.0 Å². The quantitative estimate of drug-likeness (QED) is 0.746. The van der Waals surface area contributed by atoms with Crippen LogP contribution in [-0.2, 0) is 14.3 Å². The first-order valence-electron chi connectivity index (χ1n) is 7.65. The molecule has 1 amide bonds. The Morgan fingerprint density at radius 2 is 1.90 bits per heavy atom. The molecule has 2 fully saturated rings. The molecule has 5 heteroatoms. The van der Waals surface area contributed by atoms with Crippen LogP contribution >= 0.6 is 0 Å². The maximum Gasteiger partial charge on any atom is 0.305 e. The Morgan fingerprint density at radius 1 is 1.25 bits per heavy atom. The van der Waals surface area contributed by atoms with Crippen LogP contribution in [-0.4, -0.2) is 49.6 Å². The van der Waals surface area contributed by atoms with Crippen molar-refractivity contribution in [2.45, 2.75) is 57.0 Å². The van der Waals surface area contributed by atoms with Crippen molar-refractivity contribution in [2.75, 3.05) is 20.7 Å². The molecular weight excluding hydrogens is 256 g/mol. The molecular formula is C15H26N2O3. The van der Waals surface area contributed by atoms with Crippen molar-refractivity contribution in [3.8, 4) is 0 Å². The molecule has 2 saturated heterocycles. The molecule has 2 bridgehead atoms. The third-order valence-electron chi connectivity index (χ3n) is 4.56. The van der Waals surface area contributed by atoms with E-state index in [9.17, 15) is 9.59 Å². The van der Waals surface area contributed by atoms with E-state index in [4.69, 9.17) is 0 Å². The predicted molar refractivity (Wildman–Crippen MR) is 76.2 cm³/mol. The minimum atomic E-state index is -0.208. The van der Waals surface area contributed by atoms with E-state index in [1.54, 1.807) is 4.90 Å². The van der Waals surface area contributed by atoms with Gasteiger partial charge in [-0.05, 0) is 38.0 Å². The molecule has 2 aliphatic rings. The predicted octanol–water partition coefficient (Wildman–Crippen LogP) is 1.32. The third kappa shape index (κ3) is 4.20. The molecule has 0 spiro atoms. The fourth-order valence-electron chi connectivity index (χ4n) is 3.43. The van der Waals surface area contributed by atoms with Crippen molar-refractivity contribution >= 4 is 11.9 Å². The standard InChI is InChI=1S/C15H26N2O3/c1-17(7-3-4-15(19)20-2)14(18)10-11-8-12-5-6-13(9-11)16-12/h11-13,16H,3-10H2,1-2H3. The van der Waals surface area contributed by atoms with Gasteiger partial charge in [0.1, 0.15) is 0 Å². The topological polar surface area (TPSA) is 58.6 Å². The van der Waals surface area contributed by atoms with E-state index in [0.717, 1.165) is 12.8 Å². The number of piperidine rings is 1. The Bertz CT molecular complexity index is 347. The molecule has 20 heavy (non-hydrogen) atoms. The molecule has 0 aromatic heterocycles. The van der Waals surface area contributed by atoms with Crippen molar-refractivity contribution in [1.82, 2.24) is 10.2 Å². The van der Waals surface area contributed by atoms with Crippen LogP contribution in [0.3, 0.4) is 0 Å². The number of carbonyl (C=O) groups excluding carboxylic acids is 2. The first-order chi connectivity index (χ1) is 9.58. The van der Waals surface area contributed by atoms with Crippen molar-refractivity contribution in [2.24, 2.45) is 5.92 Å². The summed E-state index contributed by atoms with van der Waals surface area (Å²) in [6.07, 6.45) is 6.52. The highest BCUT2D eigenvalue weighted by molar-refractivity contribution is 5.76. The van der Waals surface area contributed by atoms with Gasteiger partial charge in [0.15, 0.2) is 0 Å². The molecule has 2 unspecified atom stereocenters. The van der Waals surface area contributed by atoms with Gasteiger partial charge in [0.25, 0.3) is 0 Å². The van der Waals surface area contributed by atoms with Gasteiger partial charge in [-0.1, -0.05) is 0 Å². The SMILES string of the molecule is COC(=O)CCCN(C)C(=O)CC1CC2CCC(C1)N2. The molecule has 0 saturated carbocycles. The van der Waals surface area contributed by atoms with E-state index in [-0.39, 0.29) is 11.9 Å². The Kier molecular flexibility index (Phi) is 5.40. The number of hydrogen-bond acceptors (Lipinski definition) is 4. The van der Waals surface area contributed by atoms with E-state index in [2.05, 4.69) is 10.1 Å². The van der Waals surface area contributed by atoms with E-state index < -0.39 is 0 Å². The van der Waals surface area contributed by atoms with Crippen LogP contribution in [0.1, 0.15) is 44.9 Å². The number of ether oxygens (including phenoxy) is 1. The minimum absolute atomic E-state index is 0.208. The second kappa shape index (κ2) is 7.07. The Morgan fingerprint density at radius 3 is 2.50 bits per heavy atom. The number of amides is 1. The second-order valence-electron chi connectivity index (χ2n) is 6.17. The van der Waals surface area contributed by atoms with Crippen LogP contribution in [0.5, 0.6) is 0 Å². The summed E-state index contributed by atoms with van der Waals surface area (Å²) >= 11 is 0. The lowest BCUT2D eigenvalue weighted by Crippen LogP contribution is -2.40. The number of methoxy groups -OCH3 is 1. The lowest BCUT2D eigenvalue weighted by atomic mass is 9.89. The summed E-state index contributed by atoms with van der Waals surface area (Å²) in [5, 5.41) is 3.60. The van der Waals surface area contributed by atoms with Crippen LogP contribution in [0.2, 0.25) is 0 Å². The number of rotatable bonds is 6. The van der Waals surface area contributed by atoms with E-state index >= 15 is 0 Å². The molecule has 114 valence electrons. The maximum atomic E-state index is 12.2. The first kappa shape index (κ1) is 15.3. The van der Waals surface area contributed by atoms with Crippen LogP contribution in [0.25, 0.3) is 0 Å². The van der Waals surface area contributed by atoms with Crippen molar-refractivity contribution in [3.05, 3.63) is 0 Å². The lowest BCUT2D eigenvalue weighted by molar-refractivity contribution is -0.141. The molecule has 5 nitrogen and oxygen atoms in total. The fraction of sp³-hybridized carbons (Fsp3) is 0.867. The van der Waals surface area contributed by atoms with E-state index in [1.165, 1.54) is 20.0 Å². The summed E-state index contributed by atoms with van der Waals surface area (Å²) in [4.78, 5) is 25.0. The molecule has 1 N–H and O–H groups in total. The zero-order valence-electron chi connectivity index (χ0n) is 12.6. The second-order valence-corrected chi connectivity index (χ2v) is 6.17. The van der Waals surface area contributed by atoms with Gasteiger partial charge in [0.05, 0.1) is 7.11 Å². The van der Waals surface area contributed by atoms with Gasteiger partial charge >= 0.3 is 5.97 Å². The van der Waals surface area contributed by atoms with Gasteiger partial charge in [-0.15, -0.1) is 0 Å². The van der Waals surface area contributed by atoms with Crippen LogP contribution < -0.4 is 5.32 Å². The largest absolute Gasteiger partial charge is 0.469 e. The molecule has 2 heterocycles. The average Bonchev–Trinajstić information content (AvgIpc) is 2.77. The van der Waals surface area contributed by atoms with Crippen molar-refractivity contribution in [1.29, 1.82) is 0 Å². The molecule has 0 radical (unpaired) electrons. The van der Waals surface area contributed by atoms with Gasteiger partial charge in [0, 0.05) is 38.5 Å². The summed E-state index contributed by atoms with van der Waals surface area (Å²) in [5.41, 5.74) is 0. The summed E-state index contributed by atoms with van der Waals surface area (Å²) in [5.74, 6) is 0.534. The summed E-state index contributed by atoms with van der Waals surface area (Å²) in [6, 6.07) is 1.27. The highest BCUT2D eigenvalue weighted by Crippen LogP contribution is 2.32. The van der Waals surface area contributed by atoms with E-state index in [0.29, 0.717) is 43.8 Å². The molecule has 2 aliphatic heterocycles. The number of nitrogens with zero attached hydrogens (tertiary/aromatic N) is 1. The Labute approximate surface area is 121 Å². The summed E-state index contributed by atoms with van der Waals surface area (Å²) in [7, 11) is 3.22. The summed E-state index contributed by atoms with van der Waals surface area (Å²) in [6.45, 7) is 0.631. The third-order valence-corrected chi connectivity index (χ3v) is 4.56. The lowest BCUT2D eigenvalue weighted by Gasteiger charge is -2.30.